The molecule has 0 aromatic carbocycles. The molecule has 0 aromatic rings. The lowest BCUT2D eigenvalue weighted by Gasteiger charge is -2.00. The lowest BCUT2D eigenvalue weighted by Crippen LogP contribution is -2.14. The second-order valence-electron chi connectivity index (χ2n) is 2.10. The van der Waals surface area contributed by atoms with Gasteiger partial charge in [0.25, 0.3) is 0 Å². The molecule has 2 aliphatic rings. The van der Waals surface area contributed by atoms with E-state index >= 15 is 0 Å². The van der Waals surface area contributed by atoms with Crippen LogP contribution in [0.2, 0.25) is 0 Å². The van der Waals surface area contributed by atoms with Crippen LogP contribution in [0.5, 0.6) is 0 Å². The minimum atomic E-state index is 0.417. The van der Waals surface area contributed by atoms with Gasteiger partial charge in [-0.05, 0) is 0 Å². The molecule has 2 rings (SSSR count). The maximum Gasteiger partial charge on any atom is 0.145 e. The fourth-order valence-corrected chi connectivity index (χ4v) is 2.24. The lowest BCUT2D eigenvalue weighted by molar-refractivity contribution is 0.0886. The molecule has 44 valence electrons. The Hall–Kier alpha value is -0.180. The zero-order valence-electron chi connectivity index (χ0n) is 4.41. The van der Waals surface area contributed by atoms with Gasteiger partial charge >= 0.3 is 0 Å². The first kappa shape index (κ1) is 4.68. The van der Waals surface area contributed by atoms with Gasteiger partial charge in [0.05, 0.1) is 6.21 Å². The van der Waals surface area contributed by atoms with Crippen LogP contribution < -0.4 is 0 Å². The molecule has 0 aromatic heterocycles. The van der Waals surface area contributed by atoms with E-state index in [4.69, 9.17) is 4.84 Å². The number of hydrogen-bond acceptors (Lipinski definition) is 3. The van der Waals surface area contributed by atoms with E-state index in [1.165, 1.54) is 5.75 Å². The molecule has 1 fully saturated rings. The van der Waals surface area contributed by atoms with Gasteiger partial charge in [-0.1, -0.05) is 5.16 Å². The first-order valence-electron chi connectivity index (χ1n) is 2.74. The molecule has 2 nitrogen and oxygen atoms in total. The van der Waals surface area contributed by atoms with Crippen LogP contribution in [0, 0.1) is 5.92 Å². The van der Waals surface area contributed by atoms with E-state index in [0.29, 0.717) is 12.0 Å². The molecule has 3 heteroatoms. The van der Waals surface area contributed by atoms with Gasteiger partial charge in [0, 0.05) is 17.4 Å². The van der Waals surface area contributed by atoms with Crippen molar-refractivity contribution >= 4 is 18.0 Å². The van der Waals surface area contributed by atoms with Crippen LogP contribution in [0.3, 0.4) is 0 Å². The Bertz CT molecular complexity index is 126. The summed E-state index contributed by atoms with van der Waals surface area (Å²) in [6, 6.07) is 0. The number of oxime groups is 1. The first-order chi connectivity index (χ1) is 3.97. The monoisotopic (exact) mass is 129 g/mol. The Kier molecular flexibility index (Phi) is 0.966. The standard InChI is InChI=1S/C5H7NOS/c1-4-2-8-3-5(4)7-6-1/h1,4-5H,2-3H2. The number of nitrogens with zero attached hydrogens (tertiary/aromatic N) is 1. The minimum Gasteiger partial charge on any atom is -0.391 e. The van der Waals surface area contributed by atoms with Gasteiger partial charge < -0.3 is 4.84 Å². The second kappa shape index (κ2) is 1.65. The van der Waals surface area contributed by atoms with Gasteiger partial charge in [0.15, 0.2) is 0 Å². The normalized spacial score (nSPS) is 42.0. The average Bonchev–Trinajstić information content (AvgIpc) is 2.15. The molecule has 0 radical (unpaired) electrons. The van der Waals surface area contributed by atoms with Crippen LogP contribution in [0.25, 0.3) is 0 Å². The molecular formula is C5H7NOS. The van der Waals surface area contributed by atoms with Crippen LogP contribution in [-0.2, 0) is 4.84 Å². The van der Waals surface area contributed by atoms with Gasteiger partial charge in [-0.2, -0.15) is 11.8 Å². The van der Waals surface area contributed by atoms with Crippen molar-refractivity contribution in [3.63, 3.8) is 0 Å². The summed E-state index contributed by atoms with van der Waals surface area (Å²) in [6.07, 6.45) is 2.34. The van der Waals surface area contributed by atoms with Crippen molar-refractivity contribution in [1.82, 2.24) is 0 Å². The molecule has 0 saturated carbocycles. The summed E-state index contributed by atoms with van der Waals surface area (Å²) >= 11 is 1.95. The number of rotatable bonds is 0. The predicted molar refractivity (Wildman–Crippen MR) is 34.2 cm³/mol. The lowest BCUT2D eigenvalue weighted by atomic mass is 10.1. The highest BCUT2D eigenvalue weighted by Gasteiger charge is 2.31. The van der Waals surface area contributed by atoms with Crippen molar-refractivity contribution in [2.45, 2.75) is 6.10 Å². The fourth-order valence-electron chi connectivity index (χ4n) is 0.990. The summed E-state index contributed by atoms with van der Waals surface area (Å²) < 4.78 is 0. The Labute approximate surface area is 52.3 Å². The van der Waals surface area contributed by atoms with Gasteiger partial charge in [-0.3, -0.25) is 0 Å². The molecule has 2 unspecified atom stereocenters. The van der Waals surface area contributed by atoms with Gasteiger partial charge in [-0.25, -0.2) is 0 Å². The molecule has 0 bridgehead atoms. The van der Waals surface area contributed by atoms with E-state index in [2.05, 4.69) is 5.16 Å². The third kappa shape index (κ3) is 0.540. The van der Waals surface area contributed by atoms with Crippen molar-refractivity contribution < 1.29 is 4.84 Å². The van der Waals surface area contributed by atoms with Crippen molar-refractivity contribution in [2.75, 3.05) is 11.5 Å². The Morgan fingerprint density at radius 3 is 3.50 bits per heavy atom. The average molecular weight is 129 g/mol. The maximum absolute atomic E-state index is 5.03. The Morgan fingerprint density at radius 1 is 1.62 bits per heavy atom. The number of hydrogen-bond donors (Lipinski definition) is 0. The third-order valence-electron chi connectivity index (χ3n) is 1.52. The molecule has 2 aliphatic heterocycles. The highest BCUT2D eigenvalue weighted by molar-refractivity contribution is 7.99. The molecule has 1 saturated heterocycles. The molecule has 2 atom stereocenters. The van der Waals surface area contributed by atoms with E-state index in [9.17, 15) is 0 Å². The molecule has 2 heterocycles. The van der Waals surface area contributed by atoms with E-state index in [-0.39, 0.29) is 0 Å². The highest BCUT2D eigenvalue weighted by atomic mass is 32.2. The number of fused-ring (bicyclic) bond motifs is 1. The SMILES string of the molecule is C1=NOC2CSCC12. The van der Waals surface area contributed by atoms with Crippen LogP contribution in [0.4, 0.5) is 0 Å². The third-order valence-corrected chi connectivity index (χ3v) is 2.70. The summed E-state index contributed by atoms with van der Waals surface area (Å²) in [5.41, 5.74) is 0. The van der Waals surface area contributed by atoms with E-state index < -0.39 is 0 Å². The summed E-state index contributed by atoms with van der Waals surface area (Å²) in [5.74, 6) is 2.96. The minimum absolute atomic E-state index is 0.417. The van der Waals surface area contributed by atoms with E-state index in [1.54, 1.807) is 0 Å². The molecule has 0 N–H and O–H groups in total. The first-order valence-corrected chi connectivity index (χ1v) is 3.89. The summed E-state index contributed by atoms with van der Waals surface area (Å²) in [6.45, 7) is 0. The summed E-state index contributed by atoms with van der Waals surface area (Å²) in [5, 5.41) is 3.73. The van der Waals surface area contributed by atoms with Crippen molar-refractivity contribution in [1.29, 1.82) is 0 Å². The zero-order valence-corrected chi connectivity index (χ0v) is 5.23. The Balaban J connectivity index is 2.13. The predicted octanol–water partition coefficient (Wildman–Crippen LogP) is 0.734. The summed E-state index contributed by atoms with van der Waals surface area (Å²) in [4.78, 5) is 5.03. The van der Waals surface area contributed by atoms with Crippen molar-refractivity contribution in [2.24, 2.45) is 11.1 Å². The summed E-state index contributed by atoms with van der Waals surface area (Å²) in [7, 11) is 0. The maximum atomic E-state index is 5.03. The van der Waals surface area contributed by atoms with Crippen LogP contribution in [-0.4, -0.2) is 23.8 Å². The molecule has 8 heavy (non-hydrogen) atoms. The largest absolute Gasteiger partial charge is 0.391 e. The topological polar surface area (TPSA) is 21.6 Å². The van der Waals surface area contributed by atoms with Gasteiger partial charge in [0.2, 0.25) is 0 Å². The van der Waals surface area contributed by atoms with E-state index in [0.717, 1.165) is 5.75 Å². The fraction of sp³-hybridized carbons (Fsp3) is 0.800. The van der Waals surface area contributed by atoms with Crippen LogP contribution in [0.1, 0.15) is 0 Å². The van der Waals surface area contributed by atoms with Crippen molar-refractivity contribution in [3.05, 3.63) is 0 Å². The van der Waals surface area contributed by atoms with Crippen molar-refractivity contribution in [3.8, 4) is 0 Å². The zero-order chi connectivity index (χ0) is 5.40. The quantitative estimate of drug-likeness (QED) is 0.481. The van der Waals surface area contributed by atoms with Gasteiger partial charge in [-0.15, -0.1) is 0 Å². The Morgan fingerprint density at radius 2 is 2.62 bits per heavy atom. The molecule has 0 amide bonds. The number of thioether (sulfide) groups is 1. The van der Waals surface area contributed by atoms with Crippen LogP contribution >= 0.6 is 11.8 Å². The highest BCUT2D eigenvalue weighted by Crippen LogP contribution is 2.28. The molecule has 0 spiro atoms. The molecular weight excluding hydrogens is 122 g/mol. The molecule has 0 aliphatic carbocycles. The second-order valence-corrected chi connectivity index (χ2v) is 3.17. The smallest absolute Gasteiger partial charge is 0.145 e. The van der Waals surface area contributed by atoms with Gasteiger partial charge in [0.1, 0.15) is 6.10 Å². The van der Waals surface area contributed by atoms with Crippen LogP contribution in [0.15, 0.2) is 5.16 Å². The van der Waals surface area contributed by atoms with E-state index in [1.807, 2.05) is 18.0 Å².